The van der Waals surface area contributed by atoms with Crippen LogP contribution >= 0.6 is 22.7 Å². The molecular weight excluding hydrogens is 278 g/mol. The lowest BCUT2D eigenvalue weighted by atomic mass is 10.4. The lowest BCUT2D eigenvalue weighted by molar-refractivity contribution is 1.06. The standard InChI is InChI=1S/C12H13N5S2/c1-7-6-19-9(15-7)5-14-10-8-3-4-18-11(8)17-12(13-2)16-10/h3-4,6H,5H2,1-2H3,(H2,13,14,16,17). The highest BCUT2D eigenvalue weighted by atomic mass is 32.1. The summed E-state index contributed by atoms with van der Waals surface area (Å²) in [4.78, 5) is 14.3. The molecule has 0 fully saturated rings. The fourth-order valence-corrected chi connectivity index (χ4v) is 3.22. The summed E-state index contributed by atoms with van der Waals surface area (Å²) in [5.74, 6) is 1.48. The third-order valence-electron chi connectivity index (χ3n) is 2.62. The Hall–Kier alpha value is -1.73. The Morgan fingerprint density at radius 3 is 2.84 bits per heavy atom. The predicted octanol–water partition coefficient (Wildman–Crippen LogP) is 3.11. The van der Waals surface area contributed by atoms with Gasteiger partial charge in [-0.2, -0.15) is 4.98 Å². The van der Waals surface area contributed by atoms with Crippen LogP contribution in [0.25, 0.3) is 10.2 Å². The number of anilines is 2. The molecule has 2 N–H and O–H groups in total. The fraction of sp³-hybridized carbons (Fsp3) is 0.250. The van der Waals surface area contributed by atoms with Crippen LogP contribution < -0.4 is 10.6 Å². The molecular formula is C12H13N5S2. The van der Waals surface area contributed by atoms with Gasteiger partial charge in [-0.15, -0.1) is 22.7 Å². The van der Waals surface area contributed by atoms with Crippen molar-refractivity contribution >= 4 is 44.7 Å². The first-order valence-corrected chi connectivity index (χ1v) is 7.60. The summed E-state index contributed by atoms with van der Waals surface area (Å²) >= 11 is 3.27. The van der Waals surface area contributed by atoms with Gasteiger partial charge in [-0.3, -0.25) is 0 Å². The average molecular weight is 291 g/mol. The van der Waals surface area contributed by atoms with Gasteiger partial charge >= 0.3 is 0 Å². The molecule has 0 saturated heterocycles. The van der Waals surface area contributed by atoms with E-state index >= 15 is 0 Å². The molecule has 19 heavy (non-hydrogen) atoms. The zero-order valence-corrected chi connectivity index (χ0v) is 12.2. The van der Waals surface area contributed by atoms with E-state index in [0.29, 0.717) is 12.5 Å². The molecule has 0 aliphatic rings. The fourth-order valence-electron chi connectivity index (χ4n) is 1.75. The van der Waals surface area contributed by atoms with Crippen LogP contribution in [0.5, 0.6) is 0 Å². The van der Waals surface area contributed by atoms with Gasteiger partial charge in [0.1, 0.15) is 15.7 Å². The first kappa shape index (κ1) is 12.3. The SMILES string of the molecule is CNc1nc(NCc2nc(C)cs2)c2ccsc2n1. The molecule has 0 spiro atoms. The van der Waals surface area contributed by atoms with Crippen LogP contribution in [-0.4, -0.2) is 22.0 Å². The second-order valence-electron chi connectivity index (χ2n) is 4.02. The summed E-state index contributed by atoms with van der Waals surface area (Å²) in [6.07, 6.45) is 0. The maximum Gasteiger partial charge on any atom is 0.225 e. The molecule has 98 valence electrons. The quantitative estimate of drug-likeness (QED) is 0.773. The predicted molar refractivity (Wildman–Crippen MR) is 81.1 cm³/mol. The van der Waals surface area contributed by atoms with E-state index < -0.39 is 0 Å². The summed E-state index contributed by atoms with van der Waals surface area (Å²) in [6.45, 7) is 2.69. The molecule has 3 aromatic rings. The maximum absolute atomic E-state index is 4.46. The van der Waals surface area contributed by atoms with Crippen LogP contribution in [0.15, 0.2) is 16.8 Å². The van der Waals surface area contributed by atoms with Crippen molar-refractivity contribution in [2.45, 2.75) is 13.5 Å². The van der Waals surface area contributed by atoms with Crippen LogP contribution in [0.3, 0.4) is 0 Å². The number of thiazole rings is 1. The van der Waals surface area contributed by atoms with E-state index in [9.17, 15) is 0 Å². The first-order chi connectivity index (χ1) is 9.26. The van der Waals surface area contributed by atoms with Gasteiger partial charge < -0.3 is 10.6 Å². The maximum atomic E-state index is 4.46. The Labute approximate surface area is 118 Å². The monoisotopic (exact) mass is 291 g/mol. The van der Waals surface area contributed by atoms with Crippen molar-refractivity contribution in [3.63, 3.8) is 0 Å². The number of nitrogens with zero attached hydrogens (tertiary/aromatic N) is 3. The average Bonchev–Trinajstić information content (AvgIpc) is 3.04. The second kappa shape index (κ2) is 5.10. The third-order valence-corrected chi connectivity index (χ3v) is 4.40. The van der Waals surface area contributed by atoms with Crippen molar-refractivity contribution in [3.8, 4) is 0 Å². The molecule has 7 heteroatoms. The molecule has 5 nitrogen and oxygen atoms in total. The van der Waals surface area contributed by atoms with E-state index in [1.165, 1.54) is 0 Å². The summed E-state index contributed by atoms with van der Waals surface area (Å²) in [7, 11) is 1.82. The van der Waals surface area contributed by atoms with Crippen molar-refractivity contribution in [2.75, 3.05) is 17.7 Å². The Balaban J connectivity index is 1.88. The van der Waals surface area contributed by atoms with Gasteiger partial charge in [-0.1, -0.05) is 0 Å². The molecule has 0 saturated carbocycles. The van der Waals surface area contributed by atoms with E-state index in [4.69, 9.17) is 0 Å². The van der Waals surface area contributed by atoms with Crippen molar-refractivity contribution in [3.05, 3.63) is 27.5 Å². The van der Waals surface area contributed by atoms with Crippen LogP contribution in [-0.2, 0) is 6.54 Å². The molecule has 3 aromatic heterocycles. The number of aromatic nitrogens is 3. The summed E-state index contributed by atoms with van der Waals surface area (Å²) in [6, 6.07) is 2.04. The van der Waals surface area contributed by atoms with Crippen molar-refractivity contribution in [2.24, 2.45) is 0 Å². The van der Waals surface area contributed by atoms with Crippen molar-refractivity contribution in [1.82, 2.24) is 15.0 Å². The molecule has 0 atom stereocenters. The lowest BCUT2D eigenvalue weighted by Gasteiger charge is -2.07. The number of aryl methyl sites for hydroxylation is 1. The minimum absolute atomic E-state index is 0.632. The molecule has 0 aliphatic carbocycles. The highest BCUT2D eigenvalue weighted by molar-refractivity contribution is 7.16. The number of thiophene rings is 1. The van der Waals surface area contributed by atoms with E-state index in [1.54, 1.807) is 22.7 Å². The van der Waals surface area contributed by atoms with Gasteiger partial charge in [-0.05, 0) is 18.4 Å². The molecule has 0 radical (unpaired) electrons. The molecule has 0 aliphatic heterocycles. The Morgan fingerprint density at radius 2 is 2.11 bits per heavy atom. The number of hydrogen-bond donors (Lipinski definition) is 2. The molecule has 0 bridgehead atoms. The van der Waals surface area contributed by atoms with E-state index in [-0.39, 0.29) is 0 Å². The van der Waals surface area contributed by atoms with Gasteiger partial charge in [-0.25, -0.2) is 9.97 Å². The normalized spacial score (nSPS) is 10.8. The van der Waals surface area contributed by atoms with Gasteiger partial charge in [0.25, 0.3) is 0 Å². The number of fused-ring (bicyclic) bond motifs is 1. The largest absolute Gasteiger partial charge is 0.363 e. The van der Waals surface area contributed by atoms with E-state index in [1.807, 2.05) is 25.4 Å². The summed E-state index contributed by atoms with van der Waals surface area (Å²) in [5, 5.41) is 12.5. The van der Waals surface area contributed by atoms with Gasteiger partial charge in [0.15, 0.2) is 0 Å². The number of hydrogen-bond acceptors (Lipinski definition) is 7. The van der Waals surface area contributed by atoms with Crippen molar-refractivity contribution in [1.29, 1.82) is 0 Å². The number of rotatable bonds is 4. The van der Waals surface area contributed by atoms with Gasteiger partial charge in [0.05, 0.1) is 11.9 Å². The Morgan fingerprint density at radius 1 is 1.21 bits per heavy atom. The van der Waals surface area contributed by atoms with E-state index in [0.717, 1.165) is 26.7 Å². The highest BCUT2D eigenvalue weighted by Gasteiger charge is 2.08. The van der Waals surface area contributed by atoms with E-state index in [2.05, 4.69) is 31.0 Å². The highest BCUT2D eigenvalue weighted by Crippen LogP contribution is 2.26. The van der Waals surface area contributed by atoms with Crippen molar-refractivity contribution < 1.29 is 0 Å². The van der Waals surface area contributed by atoms with Gasteiger partial charge in [0, 0.05) is 18.1 Å². The van der Waals surface area contributed by atoms with Gasteiger partial charge in [0.2, 0.25) is 5.95 Å². The van der Waals surface area contributed by atoms with Crippen LogP contribution in [0.4, 0.5) is 11.8 Å². The zero-order valence-electron chi connectivity index (χ0n) is 10.6. The molecule has 0 unspecified atom stereocenters. The Bertz CT molecular complexity index is 703. The van der Waals surface area contributed by atoms with Crippen LogP contribution in [0.2, 0.25) is 0 Å². The smallest absolute Gasteiger partial charge is 0.225 e. The minimum atomic E-state index is 0.632. The molecule has 0 aromatic carbocycles. The summed E-state index contributed by atoms with van der Waals surface area (Å²) < 4.78 is 0. The first-order valence-electron chi connectivity index (χ1n) is 5.84. The molecule has 3 rings (SSSR count). The number of nitrogens with one attached hydrogen (secondary N) is 2. The zero-order chi connectivity index (χ0) is 13.2. The van der Waals surface area contributed by atoms with Crippen LogP contribution in [0, 0.1) is 6.92 Å². The van der Waals surface area contributed by atoms with Crippen LogP contribution in [0.1, 0.15) is 10.7 Å². The Kier molecular flexibility index (Phi) is 3.31. The summed E-state index contributed by atoms with van der Waals surface area (Å²) in [5.41, 5.74) is 1.06. The molecule has 3 heterocycles. The second-order valence-corrected chi connectivity index (χ2v) is 5.86. The molecule has 0 amide bonds. The minimum Gasteiger partial charge on any atom is -0.363 e. The topological polar surface area (TPSA) is 62.7 Å². The lowest BCUT2D eigenvalue weighted by Crippen LogP contribution is -2.04. The third kappa shape index (κ3) is 2.52.